The topological polar surface area (TPSA) is 65.3 Å². The van der Waals surface area contributed by atoms with Gasteiger partial charge in [0, 0.05) is 31.9 Å². The molecule has 0 bridgehead atoms. The molecule has 1 aliphatic rings. The summed E-state index contributed by atoms with van der Waals surface area (Å²) in [5.41, 5.74) is -0.514. The third kappa shape index (κ3) is 2.88. The van der Waals surface area contributed by atoms with Gasteiger partial charge in [-0.2, -0.15) is 0 Å². The molecule has 1 fully saturated rings. The van der Waals surface area contributed by atoms with Crippen LogP contribution < -0.4 is 16.6 Å². The fourth-order valence-corrected chi connectivity index (χ4v) is 2.08. The van der Waals surface area contributed by atoms with Gasteiger partial charge in [-0.1, -0.05) is 6.92 Å². The number of aromatic nitrogens is 2. The molecule has 6 heteroatoms. The SMILES string of the molecule is CCCn1ccc(=O)n(CC2CNCCO2)c1=O. The van der Waals surface area contributed by atoms with Gasteiger partial charge in [0.05, 0.1) is 19.3 Å². The van der Waals surface area contributed by atoms with Crippen LogP contribution in [-0.2, 0) is 17.8 Å². The van der Waals surface area contributed by atoms with Gasteiger partial charge in [0.1, 0.15) is 0 Å². The van der Waals surface area contributed by atoms with Crippen molar-refractivity contribution in [2.75, 3.05) is 19.7 Å². The molecule has 1 unspecified atom stereocenters. The van der Waals surface area contributed by atoms with Crippen molar-refractivity contribution >= 4 is 0 Å². The van der Waals surface area contributed by atoms with E-state index in [-0.39, 0.29) is 17.4 Å². The van der Waals surface area contributed by atoms with E-state index in [1.807, 2.05) is 6.92 Å². The molecule has 1 atom stereocenters. The zero-order valence-corrected chi connectivity index (χ0v) is 10.6. The average molecular weight is 253 g/mol. The molecule has 100 valence electrons. The Morgan fingerprint density at radius 2 is 2.33 bits per heavy atom. The van der Waals surface area contributed by atoms with E-state index in [9.17, 15) is 9.59 Å². The van der Waals surface area contributed by atoms with Crippen LogP contribution in [0.15, 0.2) is 21.9 Å². The van der Waals surface area contributed by atoms with Crippen LogP contribution in [0, 0.1) is 0 Å². The fourth-order valence-electron chi connectivity index (χ4n) is 2.08. The number of rotatable bonds is 4. The Morgan fingerprint density at radius 1 is 1.50 bits per heavy atom. The van der Waals surface area contributed by atoms with Crippen molar-refractivity contribution < 1.29 is 4.74 Å². The Balaban J connectivity index is 2.22. The van der Waals surface area contributed by atoms with Gasteiger partial charge in [-0.05, 0) is 6.42 Å². The van der Waals surface area contributed by atoms with Crippen molar-refractivity contribution in [1.29, 1.82) is 0 Å². The minimum atomic E-state index is -0.262. The summed E-state index contributed by atoms with van der Waals surface area (Å²) in [6, 6.07) is 1.44. The van der Waals surface area contributed by atoms with Crippen LogP contribution in [0.25, 0.3) is 0 Å². The number of aryl methyl sites for hydroxylation is 1. The Morgan fingerprint density at radius 3 is 3.00 bits per heavy atom. The van der Waals surface area contributed by atoms with Gasteiger partial charge < -0.3 is 14.6 Å². The number of hydrogen-bond donors (Lipinski definition) is 1. The summed E-state index contributed by atoms with van der Waals surface area (Å²) in [7, 11) is 0. The Bertz CT molecular complexity index is 500. The highest BCUT2D eigenvalue weighted by Gasteiger charge is 2.16. The molecule has 0 radical (unpaired) electrons. The molecule has 0 spiro atoms. The van der Waals surface area contributed by atoms with Gasteiger partial charge in [-0.3, -0.25) is 9.36 Å². The fraction of sp³-hybridized carbons (Fsp3) is 0.667. The average Bonchev–Trinajstić information content (AvgIpc) is 2.39. The van der Waals surface area contributed by atoms with Gasteiger partial charge in [-0.25, -0.2) is 4.79 Å². The first-order chi connectivity index (χ1) is 8.72. The van der Waals surface area contributed by atoms with E-state index in [0.29, 0.717) is 26.2 Å². The number of nitrogens with one attached hydrogen (secondary N) is 1. The molecule has 1 N–H and O–H groups in total. The second-order valence-electron chi connectivity index (χ2n) is 4.44. The first-order valence-electron chi connectivity index (χ1n) is 6.35. The molecule has 2 rings (SSSR count). The molecule has 1 aromatic rings. The normalized spacial score (nSPS) is 19.9. The first kappa shape index (κ1) is 13.0. The molecule has 0 aliphatic carbocycles. The minimum absolute atomic E-state index is 0.110. The van der Waals surface area contributed by atoms with Crippen LogP contribution in [0.2, 0.25) is 0 Å². The summed E-state index contributed by atoms with van der Waals surface area (Å²) in [5.74, 6) is 0. The van der Waals surface area contributed by atoms with Gasteiger partial charge in [0.15, 0.2) is 0 Å². The van der Waals surface area contributed by atoms with Gasteiger partial charge in [-0.15, -0.1) is 0 Å². The van der Waals surface area contributed by atoms with E-state index in [4.69, 9.17) is 4.74 Å². The highest BCUT2D eigenvalue weighted by Crippen LogP contribution is 1.97. The number of ether oxygens (including phenoxy) is 1. The van der Waals surface area contributed by atoms with Crippen LogP contribution in [0.3, 0.4) is 0 Å². The Hall–Kier alpha value is -1.40. The number of morpholine rings is 1. The third-order valence-electron chi connectivity index (χ3n) is 2.99. The monoisotopic (exact) mass is 253 g/mol. The van der Waals surface area contributed by atoms with Crippen molar-refractivity contribution in [2.24, 2.45) is 0 Å². The van der Waals surface area contributed by atoms with Crippen LogP contribution in [0.5, 0.6) is 0 Å². The lowest BCUT2D eigenvalue weighted by molar-refractivity contribution is 0.0166. The quantitative estimate of drug-likeness (QED) is 0.779. The lowest BCUT2D eigenvalue weighted by Gasteiger charge is -2.24. The standard InChI is InChI=1S/C12H19N3O3/c1-2-5-14-6-3-11(16)15(12(14)17)9-10-8-13-4-7-18-10/h3,6,10,13H,2,4-5,7-9H2,1H3. The zero-order valence-electron chi connectivity index (χ0n) is 10.6. The highest BCUT2D eigenvalue weighted by atomic mass is 16.5. The Labute approximate surface area is 105 Å². The van der Waals surface area contributed by atoms with Gasteiger partial charge in [0.25, 0.3) is 5.56 Å². The Kier molecular flexibility index (Phi) is 4.33. The van der Waals surface area contributed by atoms with E-state index in [0.717, 1.165) is 13.0 Å². The number of hydrogen-bond acceptors (Lipinski definition) is 4. The molecule has 6 nitrogen and oxygen atoms in total. The minimum Gasteiger partial charge on any atom is -0.374 e. The van der Waals surface area contributed by atoms with Gasteiger partial charge in [0.2, 0.25) is 0 Å². The number of nitrogens with zero attached hydrogens (tertiary/aromatic N) is 2. The highest BCUT2D eigenvalue weighted by molar-refractivity contribution is 4.87. The second kappa shape index (κ2) is 5.97. The molecule has 18 heavy (non-hydrogen) atoms. The zero-order chi connectivity index (χ0) is 13.0. The van der Waals surface area contributed by atoms with E-state index < -0.39 is 0 Å². The summed E-state index contributed by atoms with van der Waals surface area (Å²) in [4.78, 5) is 23.8. The molecular weight excluding hydrogens is 234 g/mol. The van der Waals surface area contributed by atoms with Crippen LogP contribution >= 0.6 is 0 Å². The summed E-state index contributed by atoms with van der Waals surface area (Å²) in [6.07, 6.45) is 2.31. The molecule has 1 aliphatic heterocycles. The molecule has 2 heterocycles. The summed E-state index contributed by atoms with van der Waals surface area (Å²) in [6.45, 7) is 5.05. The molecule has 1 aromatic heterocycles. The smallest absolute Gasteiger partial charge is 0.331 e. The molecule has 1 saturated heterocycles. The van der Waals surface area contributed by atoms with Crippen molar-refractivity contribution in [3.8, 4) is 0 Å². The maximum atomic E-state index is 12.1. The van der Waals surface area contributed by atoms with Crippen molar-refractivity contribution in [3.05, 3.63) is 33.1 Å². The van der Waals surface area contributed by atoms with Crippen LogP contribution in [0.4, 0.5) is 0 Å². The molecule has 0 aromatic carbocycles. The van der Waals surface area contributed by atoms with Crippen molar-refractivity contribution in [3.63, 3.8) is 0 Å². The summed E-state index contributed by atoms with van der Waals surface area (Å²) >= 11 is 0. The lowest BCUT2D eigenvalue weighted by atomic mass is 10.3. The molecular formula is C12H19N3O3. The van der Waals surface area contributed by atoms with E-state index in [1.165, 1.54) is 10.6 Å². The van der Waals surface area contributed by atoms with Crippen LogP contribution in [-0.4, -0.2) is 34.9 Å². The summed E-state index contributed by atoms with van der Waals surface area (Å²) in [5, 5.41) is 3.18. The van der Waals surface area contributed by atoms with Crippen molar-refractivity contribution in [2.45, 2.75) is 32.5 Å². The van der Waals surface area contributed by atoms with Crippen LogP contribution in [0.1, 0.15) is 13.3 Å². The van der Waals surface area contributed by atoms with Gasteiger partial charge >= 0.3 is 5.69 Å². The maximum absolute atomic E-state index is 12.1. The van der Waals surface area contributed by atoms with E-state index >= 15 is 0 Å². The van der Waals surface area contributed by atoms with E-state index in [1.54, 1.807) is 10.8 Å². The molecule has 0 saturated carbocycles. The largest absolute Gasteiger partial charge is 0.374 e. The maximum Gasteiger partial charge on any atom is 0.331 e. The lowest BCUT2D eigenvalue weighted by Crippen LogP contribution is -2.47. The second-order valence-corrected chi connectivity index (χ2v) is 4.44. The van der Waals surface area contributed by atoms with Crippen molar-refractivity contribution in [1.82, 2.24) is 14.5 Å². The first-order valence-corrected chi connectivity index (χ1v) is 6.35. The predicted octanol–water partition coefficient (Wildman–Crippen LogP) is -0.592. The van der Waals surface area contributed by atoms with E-state index in [2.05, 4.69) is 5.32 Å². The predicted molar refractivity (Wildman–Crippen MR) is 67.9 cm³/mol. The third-order valence-corrected chi connectivity index (χ3v) is 2.99. The summed E-state index contributed by atoms with van der Waals surface area (Å²) < 4.78 is 8.35. The molecule has 0 amide bonds.